The Labute approximate surface area is 448 Å². The summed E-state index contributed by atoms with van der Waals surface area (Å²) in [6.45, 7) is 20.0. The van der Waals surface area contributed by atoms with Gasteiger partial charge in [-0.2, -0.15) is 127 Å². The van der Waals surface area contributed by atoms with E-state index in [4.69, 9.17) is 0 Å². The van der Waals surface area contributed by atoms with E-state index in [0.717, 1.165) is 5.56 Å². The van der Waals surface area contributed by atoms with Crippen molar-refractivity contribution in [2.75, 3.05) is 6.16 Å². The molecule has 5 aromatic carbocycles. The van der Waals surface area contributed by atoms with Gasteiger partial charge in [0.2, 0.25) is 0 Å². The Balaban J connectivity index is 0.000000813. The molecule has 28 heteroatoms. The molecule has 0 atom stereocenters. The van der Waals surface area contributed by atoms with Gasteiger partial charge in [-0.25, -0.2) is 0 Å². The van der Waals surface area contributed by atoms with Gasteiger partial charge in [0.1, 0.15) is 6.15 Å². The number of alkyl halides is 24. The molecule has 0 bridgehead atoms. The molecule has 0 fully saturated rings. The SMILES string of the molecule is CC(C)(C)P(CC(=O)c1ccccc1)C(C)(C)C.FC(F)(F)c1cc([B-](c2cc(C(F)(F)F)cc(C(F)(F)F)c2)(c2cc(C(F)(F)F)cc(C(F)(F)F)c2)c2cc(C(F)(F)F)cc(C(F)(F)F)c2)cc(C(F)(F)F)c1.[CH2][CH][CH2].[Ni+2]. The van der Waals surface area contributed by atoms with Crippen LogP contribution in [0.15, 0.2) is 103 Å². The summed E-state index contributed by atoms with van der Waals surface area (Å²) in [6, 6.07) is 0.845. The van der Waals surface area contributed by atoms with E-state index in [1.165, 1.54) is 6.42 Å². The number of benzene rings is 5. The standard InChI is InChI=1S/C32H12BF24.C16H25OP.C3H5.Ni/c34-25(35,36)13-1-14(26(37,38)39)6-21(5-13)33(22-7-15(27(40,41)42)2-16(8-22)28(43,44)45,23-9-17(29(46,47)48)3-18(10-23)30(49,50)51)24-11-19(31(52,53)54)4-20(12-24)32(55,56)57;1-15(2,3)18(16(4,5)6)12-14(17)13-10-8-7-9-11-13;1-3-2;/h1-12H;7-11H,12H2,1-6H3;3H,1-2H2;/q-1;;;+2. The fourth-order valence-corrected chi connectivity index (χ4v) is 11.8. The maximum Gasteiger partial charge on any atom is 2.00 e. The molecule has 0 aliphatic carbocycles. The van der Waals surface area contributed by atoms with Crippen LogP contribution in [0.2, 0.25) is 0 Å². The summed E-state index contributed by atoms with van der Waals surface area (Å²) in [6.07, 6.45) is -52.6. The second-order valence-electron chi connectivity index (χ2n) is 19.2. The van der Waals surface area contributed by atoms with Crippen LogP contribution in [0, 0.1) is 20.3 Å². The minimum atomic E-state index is -6.13. The molecule has 437 valence electrons. The first-order valence-electron chi connectivity index (χ1n) is 21.9. The van der Waals surface area contributed by atoms with Crippen molar-refractivity contribution >= 4 is 41.7 Å². The van der Waals surface area contributed by atoms with Crippen LogP contribution in [-0.4, -0.2) is 28.4 Å². The first-order chi connectivity index (χ1) is 34.8. The van der Waals surface area contributed by atoms with Gasteiger partial charge in [0.25, 0.3) is 0 Å². The molecule has 0 aromatic heterocycles. The number of hydrogen-bond acceptors (Lipinski definition) is 1. The van der Waals surface area contributed by atoms with Crippen molar-refractivity contribution in [1.29, 1.82) is 0 Å². The van der Waals surface area contributed by atoms with Gasteiger partial charge in [0, 0.05) is 11.7 Å². The molecule has 1 nitrogen and oxygen atoms in total. The molecular formula is C51H42BF24NiOP+. The number of carbonyl (C=O) groups is 1. The monoisotopic (exact) mass is 1230 g/mol. The van der Waals surface area contributed by atoms with Gasteiger partial charge in [0.05, 0.1) is 44.5 Å². The maximum absolute atomic E-state index is 14.2. The first-order valence-corrected chi connectivity index (χ1v) is 23.4. The molecule has 0 aliphatic heterocycles. The quantitative estimate of drug-likeness (QED) is 0.0687. The van der Waals surface area contributed by atoms with Gasteiger partial charge in [-0.05, 0) is 54.8 Å². The van der Waals surface area contributed by atoms with Gasteiger partial charge < -0.3 is 0 Å². The largest absolute Gasteiger partial charge is 2.00 e. The molecule has 0 aliphatic rings. The van der Waals surface area contributed by atoms with Crippen molar-refractivity contribution in [2.24, 2.45) is 0 Å². The minimum Gasteiger partial charge on any atom is -0.294 e. The fraction of sp³-hybridized carbons (Fsp3) is 0.333. The third kappa shape index (κ3) is 18.0. The van der Waals surface area contributed by atoms with E-state index in [1.807, 2.05) is 30.3 Å². The number of Topliss-reactive ketones (excluding diaryl/α,β-unsaturated/α-hetero) is 1. The second kappa shape index (κ2) is 24.3. The Hall–Kier alpha value is -4.92. The molecule has 3 radical (unpaired) electrons. The van der Waals surface area contributed by atoms with Crippen LogP contribution in [0.4, 0.5) is 105 Å². The summed E-state index contributed by atoms with van der Waals surface area (Å²) in [5, 5.41) is 0.413. The van der Waals surface area contributed by atoms with Crippen molar-refractivity contribution in [3.05, 3.63) is 173 Å². The second-order valence-corrected chi connectivity index (χ2v) is 23.1. The predicted octanol–water partition coefficient (Wildman–Crippen LogP) is 17.0. The number of ketones is 1. The minimum absolute atomic E-state index is 0. The Morgan fingerprint density at radius 1 is 0.380 bits per heavy atom. The topological polar surface area (TPSA) is 17.1 Å². The van der Waals surface area contributed by atoms with Crippen molar-refractivity contribution in [2.45, 2.75) is 101 Å². The normalized spacial score (nSPS) is 13.5. The molecule has 79 heavy (non-hydrogen) atoms. The van der Waals surface area contributed by atoms with Crippen LogP contribution in [-0.2, 0) is 65.9 Å². The number of carbonyl (C=O) groups excluding carboxylic acids is 1. The van der Waals surface area contributed by atoms with Gasteiger partial charge in [-0.3, -0.25) is 4.79 Å². The summed E-state index contributed by atoms with van der Waals surface area (Å²) in [5.41, 5.74) is -29.4. The molecule has 5 rings (SSSR count). The molecule has 0 spiro atoms. The third-order valence-electron chi connectivity index (χ3n) is 11.5. The zero-order valence-electron chi connectivity index (χ0n) is 41.3. The molecule has 5 aromatic rings. The van der Waals surface area contributed by atoms with E-state index >= 15 is 0 Å². The van der Waals surface area contributed by atoms with Gasteiger partial charge in [-0.15, -0.1) is 0 Å². The third-order valence-corrected chi connectivity index (χ3v) is 15.3. The Morgan fingerprint density at radius 2 is 0.557 bits per heavy atom. The maximum atomic E-state index is 14.2. The number of rotatable bonds is 7. The van der Waals surface area contributed by atoms with Crippen LogP contribution >= 0.6 is 7.92 Å². The zero-order chi connectivity index (χ0) is 60.6. The van der Waals surface area contributed by atoms with Gasteiger partial charge in [-0.1, -0.05) is 128 Å². The van der Waals surface area contributed by atoms with E-state index in [-0.39, 0.29) is 40.5 Å². The van der Waals surface area contributed by atoms with Gasteiger partial charge >= 0.3 is 65.9 Å². The molecule has 0 saturated heterocycles. The Bertz CT molecular complexity index is 2410. The molecule has 0 saturated carbocycles. The zero-order valence-corrected chi connectivity index (χ0v) is 43.2. The fourth-order valence-electron chi connectivity index (χ4n) is 8.41. The van der Waals surface area contributed by atoms with E-state index in [0.29, 0.717) is 6.16 Å². The molecular weight excluding hydrogens is 1180 g/mol. The van der Waals surface area contributed by atoms with Gasteiger partial charge in [0.15, 0.2) is 5.78 Å². The first kappa shape index (κ1) is 70.2. The van der Waals surface area contributed by atoms with E-state index in [1.54, 1.807) is 0 Å². The average Bonchev–Trinajstić information content (AvgIpc) is 3.25. The summed E-state index contributed by atoms with van der Waals surface area (Å²) >= 11 is 0. The van der Waals surface area contributed by atoms with Crippen LogP contribution < -0.4 is 21.9 Å². The van der Waals surface area contributed by atoms with Crippen LogP contribution in [0.3, 0.4) is 0 Å². The Morgan fingerprint density at radius 3 is 0.709 bits per heavy atom. The van der Waals surface area contributed by atoms with E-state index < -0.39 is 195 Å². The smallest absolute Gasteiger partial charge is 0.294 e. The van der Waals surface area contributed by atoms with Crippen molar-refractivity contribution in [3.8, 4) is 0 Å². The predicted molar refractivity (Wildman–Crippen MR) is 247 cm³/mol. The van der Waals surface area contributed by atoms with E-state index in [9.17, 15) is 110 Å². The van der Waals surface area contributed by atoms with Crippen molar-refractivity contribution < 1.29 is 127 Å². The van der Waals surface area contributed by atoms with Crippen molar-refractivity contribution in [3.63, 3.8) is 0 Å². The molecule has 0 N–H and O–H groups in total. The summed E-state index contributed by atoms with van der Waals surface area (Å²) in [5.74, 6) is 0.284. The summed E-state index contributed by atoms with van der Waals surface area (Å²) in [4.78, 5) is 12.4. The van der Waals surface area contributed by atoms with Crippen LogP contribution in [0.25, 0.3) is 0 Å². The average molecular weight is 1230 g/mol. The van der Waals surface area contributed by atoms with Crippen LogP contribution in [0.5, 0.6) is 0 Å². The van der Waals surface area contributed by atoms with Crippen LogP contribution in [0.1, 0.15) is 96.4 Å². The number of halogens is 24. The van der Waals surface area contributed by atoms with E-state index in [2.05, 4.69) is 55.4 Å². The molecule has 0 amide bonds. The Kier molecular flexibility index (Phi) is 21.6. The summed E-state index contributed by atoms with van der Waals surface area (Å²) < 4.78 is 341. The number of hydrogen-bond donors (Lipinski definition) is 0. The van der Waals surface area contributed by atoms with Crippen molar-refractivity contribution in [1.82, 2.24) is 0 Å². The molecule has 0 heterocycles. The molecule has 0 unspecified atom stereocenters. The summed E-state index contributed by atoms with van der Waals surface area (Å²) in [7, 11) is -0.355.